The molecular formula is C64H42N4. The molecule has 4 nitrogen and oxygen atoms in total. The first-order valence-electron chi connectivity index (χ1n) is 23.2. The molecule has 0 saturated carbocycles. The largest absolute Gasteiger partial charge is 0.309 e. The highest BCUT2D eigenvalue weighted by atomic mass is 15.0. The van der Waals surface area contributed by atoms with Crippen molar-refractivity contribution in [3.8, 4) is 78.7 Å². The van der Waals surface area contributed by atoms with Crippen LogP contribution in [0, 0.1) is 0 Å². The van der Waals surface area contributed by atoms with Gasteiger partial charge < -0.3 is 9.13 Å². The summed E-state index contributed by atoms with van der Waals surface area (Å²) < 4.78 is 4.91. The molecule has 0 bridgehead atoms. The van der Waals surface area contributed by atoms with Crippen molar-refractivity contribution in [1.29, 1.82) is 0 Å². The van der Waals surface area contributed by atoms with Crippen LogP contribution in [0.3, 0.4) is 0 Å². The van der Waals surface area contributed by atoms with Crippen LogP contribution in [0.5, 0.6) is 0 Å². The Morgan fingerprint density at radius 2 is 0.647 bits per heavy atom. The number of fused-ring (bicyclic) bond motifs is 6. The van der Waals surface area contributed by atoms with Gasteiger partial charge in [0.15, 0.2) is 5.82 Å². The maximum Gasteiger partial charge on any atom is 0.160 e. The van der Waals surface area contributed by atoms with Gasteiger partial charge >= 0.3 is 0 Å². The van der Waals surface area contributed by atoms with E-state index in [1.165, 1.54) is 43.8 Å². The van der Waals surface area contributed by atoms with E-state index < -0.39 is 0 Å². The van der Waals surface area contributed by atoms with Crippen molar-refractivity contribution in [2.45, 2.75) is 0 Å². The first-order chi connectivity index (χ1) is 33.7. The van der Waals surface area contributed by atoms with Gasteiger partial charge in [0, 0.05) is 49.4 Å². The van der Waals surface area contributed by atoms with Crippen molar-refractivity contribution in [2.24, 2.45) is 0 Å². The lowest BCUT2D eigenvalue weighted by Crippen LogP contribution is -2.02. The molecule has 3 aromatic heterocycles. The molecular weight excluding hydrogens is 825 g/mol. The summed E-state index contributed by atoms with van der Waals surface area (Å²) in [6, 6.07) is 91.3. The van der Waals surface area contributed by atoms with E-state index in [2.05, 4.69) is 240 Å². The number of hydrogen-bond acceptors (Lipinski definition) is 2. The topological polar surface area (TPSA) is 35.6 Å². The minimum atomic E-state index is 0.685. The Morgan fingerprint density at radius 1 is 0.235 bits per heavy atom. The van der Waals surface area contributed by atoms with Crippen LogP contribution in [0.2, 0.25) is 0 Å². The second-order valence-electron chi connectivity index (χ2n) is 17.3. The van der Waals surface area contributed by atoms with E-state index in [9.17, 15) is 0 Å². The first-order valence-corrected chi connectivity index (χ1v) is 23.2. The molecule has 0 aliphatic rings. The third-order valence-electron chi connectivity index (χ3n) is 13.4. The average molecular weight is 867 g/mol. The Kier molecular flexibility index (Phi) is 9.47. The van der Waals surface area contributed by atoms with Crippen molar-refractivity contribution in [3.63, 3.8) is 0 Å². The zero-order valence-electron chi connectivity index (χ0n) is 37.0. The van der Waals surface area contributed by atoms with E-state index in [0.717, 1.165) is 72.6 Å². The standard InChI is InChI=1S/C64H42N4/c1-5-19-43(20-6-1)47-33-36-61-53(39-47)50-27-13-16-30-58(50)67(61)59-31-17-15-29-52(59)55-41-49(57-42-56(45-23-9-3-10-24-45)65-64(66-57)46-25-11-4-12-26-46)35-38-63(55)68-60-32-18-14-28-51(60)54-40-48(34-37-62(54)68)44-21-7-2-8-22-44/h1-42H. The van der Waals surface area contributed by atoms with Gasteiger partial charge in [-0.1, -0.05) is 194 Å². The van der Waals surface area contributed by atoms with Gasteiger partial charge in [0.1, 0.15) is 0 Å². The maximum atomic E-state index is 5.33. The SMILES string of the molecule is c1ccc(-c2ccc3c(c2)c2ccccc2n3-c2ccccc2-c2cc(-c3cc(-c4ccccc4)nc(-c4ccccc4)n3)ccc2-n2c3ccccc3c3cc(-c4ccccc4)ccc32)cc1. The highest BCUT2D eigenvalue weighted by Gasteiger charge is 2.22. The average Bonchev–Trinajstić information content (AvgIpc) is 3.93. The highest BCUT2D eigenvalue weighted by Crippen LogP contribution is 2.43. The summed E-state index contributed by atoms with van der Waals surface area (Å²) in [7, 11) is 0. The molecule has 0 radical (unpaired) electrons. The number of nitrogens with zero attached hydrogens (tertiary/aromatic N) is 4. The number of aromatic nitrogens is 4. The molecule has 0 atom stereocenters. The van der Waals surface area contributed by atoms with E-state index in [1.807, 2.05) is 24.3 Å². The molecule has 10 aromatic carbocycles. The van der Waals surface area contributed by atoms with Gasteiger partial charge in [-0.2, -0.15) is 0 Å². The summed E-state index contributed by atoms with van der Waals surface area (Å²) in [5.74, 6) is 0.685. The molecule has 0 amide bonds. The van der Waals surface area contributed by atoms with Crippen molar-refractivity contribution >= 4 is 43.6 Å². The van der Waals surface area contributed by atoms with Gasteiger partial charge in [-0.05, 0) is 82.9 Å². The quantitative estimate of drug-likeness (QED) is 0.153. The lowest BCUT2D eigenvalue weighted by molar-refractivity contribution is 1.16. The molecule has 0 aliphatic carbocycles. The van der Waals surface area contributed by atoms with Gasteiger partial charge in [-0.15, -0.1) is 0 Å². The Morgan fingerprint density at radius 3 is 1.21 bits per heavy atom. The van der Waals surface area contributed by atoms with E-state index in [0.29, 0.717) is 5.82 Å². The first kappa shape index (κ1) is 39.3. The molecule has 4 heteroatoms. The Labute approximate surface area is 394 Å². The highest BCUT2D eigenvalue weighted by molar-refractivity contribution is 6.13. The molecule has 13 aromatic rings. The predicted octanol–water partition coefficient (Wildman–Crippen LogP) is 16.7. The van der Waals surface area contributed by atoms with Gasteiger partial charge in [0.05, 0.1) is 44.8 Å². The third kappa shape index (κ3) is 6.69. The Balaban J connectivity index is 1.09. The molecule has 0 N–H and O–H groups in total. The van der Waals surface area contributed by atoms with Gasteiger partial charge in [0.2, 0.25) is 0 Å². The monoisotopic (exact) mass is 866 g/mol. The fourth-order valence-electron chi connectivity index (χ4n) is 10.2. The molecule has 318 valence electrons. The lowest BCUT2D eigenvalue weighted by atomic mass is 9.96. The Hall–Kier alpha value is -9.12. The van der Waals surface area contributed by atoms with E-state index in [4.69, 9.17) is 9.97 Å². The lowest BCUT2D eigenvalue weighted by Gasteiger charge is -2.20. The summed E-state index contributed by atoms with van der Waals surface area (Å²) in [6.07, 6.45) is 0. The Bertz CT molecular complexity index is 3940. The smallest absolute Gasteiger partial charge is 0.160 e. The maximum absolute atomic E-state index is 5.33. The minimum absolute atomic E-state index is 0.685. The molecule has 68 heavy (non-hydrogen) atoms. The van der Waals surface area contributed by atoms with Gasteiger partial charge in [-0.3, -0.25) is 0 Å². The molecule has 0 saturated heterocycles. The molecule has 0 fully saturated rings. The van der Waals surface area contributed by atoms with Crippen LogP contribution in [0.4, 0.5) is 0 Å². The fourth-order valence-corrected chi connectivity index (χ4v) is 10.2. The van der Waals surface area contributed by atoms with E-state index >= 15 is 0 Å². The number of benzene rings is 10. The van der Waals surface area contributed by atoms with Crippen molar-refractivity contribution in [2.75, 3.05) is 0 Å². The molecule has 0 unspecified atom stereocenters. The van der Waals surface area contributed by atoms with Crippen LogP contribution in [-0.2, 0) is 0 Å². The summed E-state index contributed by atoms with van der Waals surface area (Å²) >= 11 is 0. The molecule has 3 heterocycles. The van der Waals surface area contributed by atoms with Gasteiger partial charge in [-0.25, -0.2) is 9.97 Å². The van der Waals surface area contributed by atoms with Crippen LogP contribution >= 0.6 is 0 Å². The van der Waals surface area contributed by atoms with E-state index in [1.54, 1.807) is 0 Å². The zero-order valence-corrected chi connectivity index (χ0v) is 37.0. The van der Waals surface area contributed by atoms with Gasteiger partial charge in [0.25, 0.3) is 0 Å². The van der Waals surface area contributed by atoms with Crippen molar-refractivity contribution < 1.29 is 0 Å². The molecule has 0 spiro atoms. The second kappa shape index (κ2) is 16.4. The van der Waals surface area contributed by atoms with Crippen molar-refractivity contribution in [3.05, 3.63) is 255 Å². The van der Waals surface area contributed by atoms with Crippen LogP contribution in [0.1, 0.15) is 0 Å². The van der Waals surface area contributed by atoms with Crippen LogP contribution < -0.4 is 0 Å². The van der Waals surface area contributed by atoms with E-state index in [-0.39, 0.29) is 0 Å². The molecule has 13 rings (SSSR count). The zero-order chi connectivity index (χ0) is 45.0. The number of rotatable bonds is 8. The normalized spacial score (nSPS) is 11.5. The summed E-state index contributed by atoms with van der Waals surface area (Å²) in [5.41, 5.74) is 18.5. The van der Waals surface area contributed by atoms with Crippen molar-refractivity contribution in [1.82, 2.24) is 19.1 Å². The predicted molar refractivity (Wildman–Crippen MR) is 283 cm³/mol. The van der Waals surface area contributed by atoms with Crippen LogP contribution in [0.25, 0.3) is 122 Å². The summed E-state index contributed by atoms with van der Waals surface area (Å²) in [5, 5.41) is 4.84. The minimum Gasteiger partial charge on any atom is -0.309 e. The summed E-state index contributed by atoms with van der Waals surface area (Å²) in [6.45, 7) is 0. The van der Waals surface area contributed by atoms with Crippen LogP contribution in [0.15, 0.2) is 255 Å². The number of hydrogen-bond donors (Lipinski definition) is 0. The van der Waals surface area contributed by atoms with Crippen LogP contribution in [-0.4, -0.2) is 19.1 Å². The second-order valence-corrected chi connectivity index (χ2v) is 17.3. The number of para-hydroxylation sites is 3. The third-order valence-corrected chi connectivity index (χ3v) is 13.4. The summed E-state index contributed by atoms with van der Waals surface area (Å²) in [4.78, 5) is 10.5. The fraction of sp³-hybridized carbons (Fsp3) is 0. The molecule has 0 aliphatic heterocycles.